The standard InChI is InChI=1S/C18H21FN4O2/c1-12-9-15(14-4-3-13(19)10-16(14)21-12)18(25)23-6-2-5-22(7-8-23)11-17(20)24/h3-4,9-10H,2,5-8,11H2,1H3,(H2,20,24). The number of pyridine rings is 1. The van der Waals surface area contributed by atoms with Crippen LogP contribution in [0.15, 0.2) is 24.3 Å². The fourth-order valence-corrected chi connectivity index (χ4v) is 3.23. The molecular formula is C18H21FN4O2. The van der Waals surface area contributed by atoms with E-state index in [1.54, 1.807) is 24.0 Å². The van der Waals surface area contributed by atoms with E-state index in [4.69, 9.17) is 5.73 Å². The van der Waals surface area contributed by atoms with Crippen molar-refractivity contribution < 1.29 is 14.0 Å². The maximum atomic E-state index is 13.5. The first-order valence-electron chi connectivity index (χ1n) is 8.31. The van der Waals surface area contributed by atoms with Crippen LogP contribution in [0.25, 0.3) is 10.9 Å². The van der Waals surface area contributed by atoms with Crippen LogP contribution in [-0.2, 0) is 4.79 Å². The SMILES string of the molecule is Cc1cc(C(=O)N2CCCN(CC(N)=O)CC2)c2ccc(F)cc2n1. The van der Waals surface area contributed by atoms with Crippen LogP contribution >= 0.6 is 0 Å². The summed E-state index contributed by atoms with van der Waals surface area (Å²) in [6, 6.07) is 6.03. The summed E-state index contributed by atoms with van der Waals surface area (Å²) in [6.07, 6.45) is 0.773. The van der Waals surface area contributed by atoms with Crippen molar-refractivity contribution in [1.82, 2.24) is 14.8 Å². The lowest BCUT2D eigenvalue weighted by molar-refractivity contribution is -0.119. The van der Waals surface area contributed by atoms with Crippen molar-refractivity contribution in [2.75, 3.05) is 32.7 Å². The molecule has 1 aliphatic heterocycles. The molecular weight excluding hydrogens is 323 g/mol. The minimum Gasteiger partial charge on any atom is -0.369 e. The van der Waals surface area contributed by atoms with Crippen LogP contribution < -0.4 is 5.73 Å². The number of carbonyl (C=O) groups is 2. The smallest absolute Gasteiger partial charge is 0.254 e. The maximum absolute atomic E-state index is 13.5. The molecule has 132 valence electrons. The quantitative estimate of drug-likeness (QED) is 0.911. The van der Waals surface area contributed by atoms with Gasteiger partial charge in [-0.2, -0.15) is 0 Å². The van der Waals surface area contributed by atoms with Crippen molar-refractivity contribution in [2.24, 2.45) is 5.73 Å². The van der Waals surface area contributed by atoms with Crippen molar-refractivity contribution in [3.63, 3.8) is 0 Å². The van der Waals surface area contributed by atoms with Crippen molar-refractivity contribution in [3.05, 3.63) is 41.3 Å². The zero-order valence-electron chi connectivity index (χ0n) is 14.2. The highest BCUT2D eigenvalue weighted by Gasteiger charge is 2.23. The van der Waals surface area contributed by atoms with Crippen molar-refractivity contribution in [3.8, 4) is 0 Å². The Hall–Kier alpha value is -2.54. The summed E-state index contributed by atoms with van der Waals surface area (Å²) in [5, 5.41) is 0.648. The average molecular weight is 344 g/mol. The second kappa shape index (κ2) is 7.14. The highest BCUT2D eigenvalue weighted by Crippen LogP contribution is 2.21. The molecule has 2 heterocycles. The third-order valence-electron chi connectivity index (χ3n) is 4.39. The number of benzene rings is 1. The summed E-state index contributed by atoms with van der Waals surface area (Å²) in [6.45, 7) is 4.46. The van der Waals surface area contributed by atoms with Gasteiger partial charge in [0.25, 0.3) is 5.91 Å². The van der Waals surface area contributed by atoms with Crippen LogP contribution in [0.4, 0.5) is 4.39 Å². The van der Waals surface area contributed by atoms with Crippen LogP contribution in [-0.4, -0.2) is 59.3 Å². The molecule has 1 aromatic carbocycles. The number of carbonyl (C=O) groups excluding carboxylic acids is 2. The number of hydrogen-bond acceptors (Lipinski definition) is 4. The molecule has 7 heteroatoms. The Labute approximate surface area is 145 Å². The second-order valence-corrected chi connectivity index (χ2v) is 6.36. The number of nitrogens with two attached hydrogens (primary N) is 1. The molecule has 0 aliphatic carbocycles. The van der Waals surface area contributed by atoms with Crippen LogP contribution in [0.2, 0.25) is 0 Å². The summed E-state index contributed by atoms with van der Waals surface area (Å²) in [5.74, 6) is -0.832. The number of aryl methyl sites for hydroxylation is 1. The maximum Gasteiger partial charge on any atom is 0.254 e. The second-order valence-electron chi connectivity index (χ2n) is 6.36. The molecule has 25 heavy (non-hydrogen) atoms. The Morgan fingerprint density at radius 3 is 2.76 bits per heavy atom. The highest BCUT2D eigenvalue weighted by molar-refractivity contribution is 6.06. The highest BCUT2D eigenvalue weighted by atomic mass is 19.1. The summed E-state index contributed by atoms with van der Waals surface area (Å²) in [5.41, 5.74) is 6.94. The summed E-state index contributed by atoms with van der Waals surface area (Å²) < 4.78 is 13.5. The van der Waals surface area contributed by atoms with Gasteiger partial charge in [-0.05, 0) is 31.5 Å². The van der Waals surface area contributed by atoms with Gasteiger partial charge in [0.15, 0.2) is 0 Å². The van der Waals surface area contributed by atoms with Gasteiger partial charge < -0.3 is 10.6 Å². The van der Waals surface area contributed by atoms with Crippen LogP contribution in [0.1, 0.15) is 22.5 Å². The number of aromatic nitrogens is 1. The van der Waals surface area contributed by atoms with Gasteiger partial charge in [0.1, 0.15) is 5.82 Å². The van der Waals surface area contributed by atoms with Gasteiger partial charge in [-0.15, -0.1) is 0 Å². The average Bonchev–Trinajstić information content (AvgIpc) is 2.78. The van der Waals surface area contributed by atoms with E-state index in [1.165, 1.54) is 12.1 Å². The molecule has 2 N–H and O–H groups in total. The molecule has 2 amide bonds. The van der Waals surface area contributed by atoms with Gasteiger partial charge in [0.2, 0.25) is 5.91 Å². The number of primary amides is 1. The van der Waals surface area contributed by atoms with E-state index in [2.05, 4.69) is 4.98 Å². The van der Waals surface area contributed by atoms with E-state index >= 15 is 0 Å². The van der Waals surface area contributed by atoms with Crippen molar-refractivity contribution >= 4 is 22.7 Å². The van der Waals surface area contributed by atoms with E-state index in [1.807, 2.05) is 4.90 Å². The zero-order chi connectivity index (χ0) is 18.0. The van der Waals surface area contributed by atoms with Crippen molar-refractivity contribution in [1.29, 1.82) is 0 Å². The molecule has 6 nitrogen and oxygen atoms in total. The number of rotatable bonds is 3. The molecule has 0 spiro atoms. The number of halogens is 1. The summed E-state index contributed by atoms with van der Waals surface area (Å²) >= 11 is 0. The molecule has 0 unspecified atom stereocenters. The first-order chi connectivity index (χ1) is 11.9. The lowest BCUT2D eigenvalue weighted by atomic mass is 10.1. The van der Waals surface area contributed by atoms with Gasteiger partial charge in [-0.25, -0.2) is 4.39 Å². The van der Waals surface area contributed by atoms with E-state index in [-0.39, 0.29) is 24.2 Å². The number of amides is 2. The largest absolute Gasteiger partial charge is 0.369 e. The van der Waals surface area contributed by atoms with Crippen LogP contribution in [0.3, 0.4) is 0 Å². The van der Waals surface area contributed by atoms with E-state index in [9.17, 15) is 14.0 Å². The molecule has 1 aliphatic rings. The lowest BCUT2D eigenvalue weighted by Crippen LogP contribution is -2.38. The monoisotopic (exact) mass is 344 g/mol. The van der Waals surface area contributed by atoms with Gasteiger partial charge in [0.05, 0.1) is 17.6 Å². The molecule has 1 saturated heterocycles. The fraction of sp³-hybridized carbons (Fsp3) is 0.389. The first-order valence-corrected chi connectivity index (χ1v) is 8.31. The molecule has 0 saturated carbocycles. The fourth-order valence-electron chi connectivity index (χ4n) is 3.23. The van der Waals surface area contributed by atoms with Gasteiger partial charge in [-0.3, -0.25) is 19.5 Å². The third kappa shape index (κ3) is 3.93. The van der Waals surface area contributed by atoms with E-state index in [0.717, 1.165) is 13.0 Å². The predicted octanol–water partition coefficient (Wildman–Crippen LogP) is 1.32. The predicted molar refractivity (Wildman–Crippen MR) is 92.6 cm³/mol. The first kappa shape index (κ1) is 17.3. The Morgan fingerprint density at radius 1 is 1.20 bits per heavy atom. The molecule has 1 fully saturated rings. The van der Waals surface area contributed by atoms with Crippen LogP contribution in [0.5, 0.6) is 0 Å². The number of hydrogen-bond donors (Lipinski definition) is 1. The van der Waals surface area contributed by atoms with Crippen molar-refractivity contribution in [2.45, 2.75) is 13.3 Å². The van der Waals surface area contributed by atoms with E-state index < -0.39 is 0 Å². The Balaban J connectivity index is 1.86. The number of nitrogens with zero attached hydrogens (tertiary/aromatic N) is 3. The molecule has 0 bridgehead atoms. The lowest BCUT2D eigenvalue weighted by Gasteiger charge is -2.22. The molecule has 0 radical (unpaired) electrons. The molecule has 1 aromatic heterocycles. The van der Waals surface area contributed by atoms with Gasteiger partial charge >= 0.3 is 0 Å². The normalized spacial score (nSPS) is 16.0. The van der Waals surface area contributed by atoms with Gasteiger partial charge in [0, 0.05) is 43.3 Å². The topological polar surface area (TPSA) is 79.5 Å². The zero-order valence-corrected chi connectivity index (χ0v) is 14.2. The Morgan fingerprint density at radius 2 is 2.00 bits per heavy atom. The Kier molecular flexibility index (Phi) is 4.94. The molecule has 2 aromatic rings. The molecule has 0 atom stereocenters. The minimum absolute atomic E-state index is 0.0944. The van der Waals surface area contributed by atoms with Gasteiger partial charge in [-0.1, -0.05) is 0 Å². The van der Waals surface area contributed by atoms with E-state index in [0.29, 0.717) is 41.8 Å². The third-order valence-corrected chi connectivity index (χ3v) is 4.39. The number of fused-ring (bicyclic) bond motifs is 1. The summed E-state index contributed by atoms with van der Waals surface area (Å²) in [7, 11) is 0. The molecule has 3 rings (SSSR count). The minimum atomic E-state index is -0.374. The Bertz CT molecular complexity index is 819. The summed E-state index contributed by atoms with van der Waals surface area (Å²) in [4.78, 5) is 32.2. The van der Waals surface area contributed by atoms with Crippen LogP contribution in [0, 0.1) is 12.7 Å².